The molecular formula is C25H35NO5. The van der Waals surface area contributed by atoms with E-state index in [-0.39, 0.29) is 0 Å². The Morgan fingerprint density at radius 2 is 1.87 bits per heavy atom. The Morgan fingerprint density at radius 1 is 1.19 bits per heavy atom. The van der Waals surface area contributed by atoms with E-state index in [2.05, 4.69) is 0 Å². The summed E-state index contributed by atoms with van der Waals surface area (Å²) in [4.78, 5) is 16.1. The molecule has 1 saturated carbocycles. The number of aromatic nitrogens is 1. The number of ether oxygens (including phenoxy) is 2. The Morgan fingerprint density at radius 3 is 2.48 bits per heavy atom. The van der Waals surface area contributed by atoms with Gasteiger partial charge in [0.25, 0.3) is 0 Å². The van der Waals surface area contributed by atoms with Gasteiger partial charge in [-0.25, -0.2) is 9.78 Å². The van der Waals surface area contributed by atoms with E-state index in [9.17, 15) is 9.90 Å². The topological polar surface area (TPSA) is 81.8 Å². The molecule has 6 heteroatoms. The molecule has 0 aliphatic heterocycles. The molecule has 2 aromatic rings. The summed E-state index contributed by atoms with van der Waals surface area (Å²) >= 11 is 0. The molecule has 1 unspecified atom stereocenters. The Hall–Kier alpha value is -2.34. The van der Waals surface area contributed by atoms with Crippen molar-refractivity contribution in [1.82, 2.24) is 4.98 Å². The highest BCUT2D eigenvalue weighted by atomic mass is 16.5. The maximum atomic E-state index is 11.4. The van der Waals surface area contributed by atoms with Crippen LogP contribution in [0.4, 0.5) is 0 Å². The van der Waals surface area contributed by atoms with E-state index in [4.69, 9.17) is 18.9 Å². The maximum Gasteiger partial charge on any atom is 0.333 e. The zero-order valence-corrected chi connectivity index (χ0v) is 19.2. The summed E-state index contributed by atoms with van der Waals surface area (Å²) in [7, 11) is 0. The Bertz CT molecular complexity index is 859. The summed E-state index contributed by atoms with van der Waals surface area (Å²) < 4.78 is 17.4. The molecule has 0 bridgehead atoms. The van der Waals surface area contributed by atoms with E-state index in [1.54, 1.807) is 6.92 Å². The van der Waals surface area contributed by atoms with Crippen LogP contribution in [0.25, 0.3) is 0 Å². The van der Waals surface area contributed by atoms with Crippen molar-refractivity contribution in [1.29, 1.82) is 0 Å². The highest BCUT2D eigenvalue weighted by Crippen LogP contribution is 2.33. The number of nitrogens with zero attached hydrogens (tertiary/aromatic N) is 1. The average molecular weight is 430 g/mol. The first-order chi connectivity index (χ1) is 14.9. The molecule has 6 nitrogen and oxygen atoms in total. The van der Waals surface area contributed by atoms with Gasteiger partial charge in [-0.3, -0.25) is 0 Å². The number of rotatable bonds is 10. The fourth-order valence-corrected chi connectivity index (χ4v) is 4.47. The van der Waals surface area contributed by atoms with Crippen LogP contribution in [0, 0.1) is 20.8 Å². The van der Waals surface area contributed by atoms with Crippen LogP contribution in [0.1, 0.15) is 79.0 Å². The number of carboxylic acids is 1. The smallest absolute Gasteiger partial charge is 0.333 e. The molecule has 1 heterocycles. The quantitative estimate of drug-likeness (QED) is 0.552. The van der Waals surface area contributed by atoms with Crippen LogP contribution in [0.3, 0.4) is 0 Å². The molecule has 31 heavy (non-hydrogen) atoms. The molecule has 1 fully saturated rings. The van der Waals surface area contributed by atoms with Gasteiger partial charge in [-0.2, -0.15) is 0 Å². The highest BCUT2D eigenvalue weighted by Gasteiger charge is 2.22. The van der Waals surface area contributed by atoms with Crippen molar-refractivity contribution in [3.05, 3.63) is 46.2 Å². The third-order valence-electron chi connectivity index (χ3n) is 6.03. The summed E-state index contributed by atoms with van der Waals surface area (Å²) in [5.74, 6) is 2.16. The Balaban J connectivity index is 1.60. The number of oxazole rings is 1. The number of aliphatic carboxylic acids is 1. The van der Waals surface area contributed by atoms with Gasteiger partial charge in [0.15, 0.2) is 12.0 Å². The first-order valence-corrected chi connectivity index (χ1v) is 11.4. The third-order valence-corrected chi connectivity index (χ3v) is 6.03. The molecule has 3 rings (SSSR count). The molecule has 1 aromatic carbocycles. The first-order valence-electron chi connectivity index (χ1n) is 11.4. The molecule has 170 valence electrons. The predicted octanol–water partition coefficient (Wildman–Crippen LogP) is 5.30. The largest absolute Gasteiger partial charge is 0.493 e. The zero-order valence-electron chi connectivity index (χ0n) is 19.2. The summed E-state index contributed by atoms with van der Waals surface area (Å²) in [5.41, 5.74) is 3.91. The standard InChI is InChI=1S/C25H35NO5/c1-5-29-22(25(27)28)15-19-13-16(2)23(17(3)14-19)30-12-11-21-18(4)31-24(26-21)20-9-7-6-8-10-20/h13-14,20,22H,5-12,15H2,1-4H3,(H,27,28). The van der Waals surface area contributed by atoms with Crippen molar-refractivity contribution < 1.29 is 23.8 Å². The minimum Gasteiger partial charge on any atom is -0.493 e. The monoisotopic (exact) mass is 429 g/mol. The van der Waals surface area contributed by atoms with E-state index in [0.29, 0.717) is 32.0 Å². The van der Waals surface area contributed by atoms with Crippen molar-refractivity contribution >= 4 is 5.97 Å². The molecular weight excluding hydrogens is 394 g/mol. The number of hydrogen-bond acceptors (Lipinski definition) is 5. The van der Waals surface area contributed by atoms with E-state index in [1.165, 1.54) is 32.1 Å². The zero-order chi connectivity index (χ0) is 22.4. The van der Waals surface area contributed by atoms with E-state index in [1.807, 2.05) is 32.9 Å². The second-order valence-electron chi connectivity index (χ2n) is 8.53. The number of carbonyl (C=O) groups is 1. The molecule has 0 spiro atoms. The second kappa shape index (κ2) is 10.8. The van der Waals surface area contributed by atoms with Crippen molar-refractivity contribution in [3.63, 3.8) is 0 Å². The molecule has 1 aliphatic carbocycles. The number of carboxylic acid groups (broad SMARTS) is 1. The molecule has 1 atom stereocenters. The van der Waals surface area contributed by atoms with Crippen LogP contribution in [-0.4, -0.2) is 35.4 Å². The van der Waals surface area contributed by atoms with Gasteiger partial charge in [0.2, 0.25) is 0 Å². The van der Waals surface area contributed by atoms with Crippen molar-refractivity contribution in [2.75, 3.05) is 13.2 Å². The molecule has 0 amide bonds. The molecule has 0 radical (unpaired) electrons. The molecule has 1 aliphatic rings. The van der Waals surface area contributed by atoms with Crippen molar-refractivity contribution in [2.24, 2.45) is 0 Å². The summed E-state index contributed by atoms with van der Waals surface area (Å²) in [6.07, 6.45) is 6.40. The van der Waals surface area contributed by atoms with Crippen LogP contribution in [0.15, 0.2) is 16.5 Å². The summed E-state index contributed by atoms with van der Waals surface area (Å²) in [6.45, 7) is 8.67. The maximum absolute atomic E-state index is 11.4. The van der Waals surface area contributed by atoms with Gasteiger partial charge in [-0.05, 0) is 57.2 Å². The lowest BCUT2D eigenvalue weighted by Gasteiger charge is -2.18. The Kier molecular flexibility index (Phi) is 8.13. The fraction of sp³-hybridized carbons (Fsp3) is 0.600. The summed E-state index contributed by atoms with van der Waals surface area (Å²) in [6, 6.07) is 3.97. The van der Waals surface area contributed by atoms with Gasteiger partial charge in [-0.15, -0.1) is 0 Å². The predicted molar refractivity (Wildman–Crippen MR) is 119 cm³/mol. The molecule has 0 saturated heterocycles. The second-order valence-corrected chi connectivity index (χ2v) is 8.53. The third kappa shape index (κ3) is 6.10. The van der Waals surface area contributed by atoms with Gasteiger partial charge in [-0.1, -0.05) is 31.4 Å². The molecule has 1 N–H and O–H groups in total. The average Bonchev–Trinajstić information content (AvgIpc) is 3.11. The van der Waals surface area contributed by atoms with E-state index >= 15 is 0 Å². The molecule has 1 aromatic heterocycles. The summed E-state index contributed by atoms with van der Waals surface area (Å²) in [5, 5.41) is 9.33. The lowest BCUT2D eigenvalue weighted by molar-refractivity contribution is -0.149. The Labute approximate surface area is 185 Å². The van der Waals surface area contributed by atoms with Gasteiger partial charge >= 0.3 is 5.97 Å². The van der Waals surface area contributed by atoms with Crippen molar-refractivity contribution in [2.45, 2.75) is 84.7 Å². The van der Waals surface area contributed by atoms with Crippen molar-refractivity contribution in [3.8, 4) is 5.75 Å². The lowest BCUT2D eigenvalue weighted by Crippen LogP contribution is -2.26. The van der Waals surface area contributed by atoms with Gasteiger partial charge in [0.1, 0.15) is 11.5 Å². The van der Waals surface area contributed by atoms with E-state index < -0.39 is 12.1 Å². The van der Waals surface area contributed by atoms with Crippen LogP contribution in [0.2, 0.25) is 0 Å². The SMILES string of the molecule is CCOC(Cc1cc(C)c(OCCc2nc(C3CCCCC3)oc2C)c(C)c1)C(=O)O. The number of benzene rings is 1. The minimum atomic E-state index is -0.937. The first kappa shape index (κ1) is 23.3. The number of hydrogen-bond donors (Lipinski definition) is 1. The van der Waals surface area contributed by atoms with Gasteiger partial charge in [0, 0.05) is 25.4 Å². The fourth-order valence-electron chi connectivity index (χ4n) is 4.47. The lowest BCUT2D eigenvalue weighted by atomic mass is 9.89. The van der Waals surface area contributed by atoms with Crippen LogP contribution in [0.5, 0.6) is 5.75 Å². The van der Waals surface area contributed by atoms with Crippen LogP contribution < -0.4 is 4.74 Å². The van der Waals surface area contributed by atoms with Gasteiger partial charge < -0.3 is 19.0 Å². The minimum absolute atomic E-state index is 0.340. The highest BCUT2D eigenvalue weighted by molar-refractivity contribution is 5.72. The van der Waals surface area contributed by atoms with E-state index in [0.717, 1.165) is 39.8 Å². The van der Waals surface area contributed by atoms with Gasteiger partial charge in [0.05, 0.1) is 12.3 Å². The van der Waals surface area contributed by atoms with Crippen LogP contribution >= 0.6 is 0 Å². The number of aryl methyl sites for hydroxylation is 3. The van der Waals surface area contributed by atoms with Crippen LogP contribution in [-0.2, 0) is 22.4 Å². The normalized spacial score (nSPS) is 15.7.